The van der Waals surface area contributed by atoms with Gasteiger partial charge in [-0.15, -0.1) is 0 Å². The summed E-state index contributed by atoms with van der Waals surface area (Å²) in [6.45, 7) is 0. The molecule has 0 aliphatic heterocycles. The van der Waals surface area contributed by atoms with Gasteiger partial charge in [0.25, 0.3) is 0 Å². The first-order valence-electron chi connectivity index (χ1n) is 18.7. The summed E-state index contributed by atoms with van der Waals surface area (Å²) in [5.41, 5.74) is 6.92. The van der Waals surface area contributed by atoms with Gasteiger partial charge in [0.2, 0.25) is 0 Å². The molecule has 0 atom stereocenters. The number of rotatable bonds is 3. The SMILES string of the molecule is [2H]c1c([2H])c([2H])c2c(c1[2H])c([2H])c([2H])c1oc3cccc(-c4ccc(-c5c6ccccc6c(-c6cccc7ccccc67)c6ccccc56)cc4)c3c12. The third-order valence-electron chi connectivity index (χ3n) is 9.43. The molecule has 1 heterocycles. The Morgan fingerprint density at radius 2 is 0.957 bits per heavy atom. The van der Waals surface area contributed by atoms with E-state index in [0.717, 1.165) is 33.0 Å². The van der Waals surface area contributed by atoms with Gasteiger partial charge in [0.05, 0.1) is 8.22 Å². The third-order valence-corrected chi connectivity index (χ3v) is 9.43. The van der Waals surface area contributed by atoms with Crippen molar-refractivity contribution in [2.75, 3.05) is 0 Å². The van der Waals surface area contributed by atoms with Crippen LogP contribution in [0.1, 0.15) is 8.22 Å². The summed E-state index contributed by atoms with van der Waals surface area (Å²) < 4.78 is 57.8. The first-order chi connectivity index (χ1) is 25.8. The summed E-state index contributed by atoms with van der Waals surface area (Å²) in [5, 5.41) is 8.34. The lowest BCUT2D eigenvalue weighted by molar-refractivity contribution is 0.669. The molecule has 0 radical (unpaired) electrons. The Hall–Kier alpha value is -6.18. The van der Waals surface area contributed by atoms with E-state index in [0.29, 0.717) is 16.4 Å². The van der Waals surface area contributed by atoms with Crippen molar-refractivity contribution >= 4 is 65.0 Å². The van der Waals surface area contributed by atoms with Gasteiger partial charge in [0.15, 0.2) is 0 Å². The Morgan fingerprint density at radius 1 is 0.362 bits per heavy atom. The third kappa shape index (κ3) is 3.90. The fraction of sp³-hybridized carbons (Fsp3) is 0. The average molecular weight is 603 g/mol. The topological polar surface area (TPSA) is 13.1 Å². The van der Waals surface area contributed by atoms with Crippen molar-refractivity contribution in [2.24, 2.45) is 0 Å². The zero-order valence-corrected chi connectivity index (χ0v) is 25.1. The molecule has 0 N–H and O–H groups in total. The molecule has 1 aromatic heterocycles. The van der Waals surface area contributed by atoms with Crippen molar-refractivity contribution in [2.45, 2.75) is 0 Å². The lowest BCUT2D eigenvalue weighted by atomic mass is 9.84. The van der Waals surface area contributed by atoms with E-state index in [1.165, 1.54) is 32.7 Å². The van der Waals surface area contributed by atoms with Crippen LogP contribution < -0.4 is 0 Å². The number of hydrogen-bond acceptors (Lipinski definition) is 1. The molecule has 1 nitrogen and oxygen atoms in total. The van der Waals surface area contributed by atoms with Crippen molar-refractivity contribution in [3.63, 3.8) is 0 Å². The van der Waals surface area contributed by atoms with Crippen LogP contribution in [0, 0.1) is 0 Å². The molecule has 10 rings (SSSR count). The van der Waals surface area contributed by atoms with Crippen LogP contribution >= 0.6 is 0 Å². The Labute approximate surface area is 280 Å². The maximum atomic E-state index is 8.85. The fourth-order valence-electron chi connectivity index (χ4n) is 7.42. The summed E-state index contributed by atoms with van der Waals surface area (Å²) in [4.78, 5) is 0. The zero-order valence-electron chi connectivity index (χ0n) is 31.1. The second kappa shape index (κ2) is 10.2. The Bertz CT molecular complexity index is 3120. The largest absolute Gasteiger partial charge is 0.456 e. The zero-order chi connectivity index (χ0) is 36.1. The highest BCUT2D eigenvalue weighted by Crippen LogP contribution is 2.46. The van der Waals surface area contributed by atoms with Crippen molar-refractivity contribution in [1.29, 1.82) is 0 Å². The molecular weight excluding hydrogens is 569 g/mol. The van der Waals surface area contributed by atoms with Crippen LogP contribution in [0.4, 0.5) is 0 Å². The predicted molar refractivity (Wildman–Crippen MR) is 200 cm³/mol. The van der Waals surface area contributed by atoms with Crippen LogP contribution in [0.15, 0.2) is 174 Å². The summed E-state index contributed by atoms with van der Waals surface area (Å²) in [5.74, 6) is 0. The minimum Gasteiger partial charge on any atom is -0.456 e. The van der Waals surface area contributed by atoms with Crippen LogP contribution in [0.2, 0.25) is 0 Å². The van der Waals surface area contributed by atoms with Gasteiger partial charge in [0.1, 0.15) is 11.2 Å². The molecule has 218 valence electrons. The highest BCUT2D eigenvalue weighted by molar-refractivity contribution is 6.24. The van der Waals surface area contributed by atoms with E-state index in [-0.39, 0.29) is 46.6 Å². The highest BCUT2D eigenvalue weighted by atomic mass is 16.3. The van der Waals surface area contributed by atoms with Crippen LogP contribution in [0.3, 0.4) is 0 Å². The maximum Gasteiger partial charge on any atom is 0.136 e. The van der Waals surface area contributed by atoms with E-state index in [4.69, 9.17) is 12.6 Å². The minimum absolute atomic E-state index is 0.0204. The van der Waals surface area contributed by atoms with Crippen molar-refractivity contribution in [3.8, 4) is 33.4 Å². The van der Waals surface area contributed by atoms with Crippen molar-refractivity contribution in [1.82, 2.24) is 0 Å². The lowest BCUT2D eigenvalue weighted by Crippen LogP contribution is -1.91. The van der Waals surface area contributed by atoms with Gasteiger partial charge in [-0.05, 0) is 88.6 Å². The lowest BCUT2D eigenvalue weighted by Gasteiger charge is -2.19. The predicted octanol–water partition coefficient (Wildman–Crippen LogP) is 13.2. The molecule has 0 aliphatic rings. The van der Waals surface area contributed by atoms with Crippen LogP contribution in [0.5, 0.6) is 0 Å². The van der Waals surface area contributed by atoms with Gasteiger partial charge in [0, 0.05) is 10.8 Å². The Kier molecular flexibility index (Phi) is 4.49. The van der Waals surface area contributed by atoms with E-state index >= 15 is 0 Å². The number of furan rings is 1. The van der Waals surface area contributed by atoms with Crippen molar-refractivity contribution < 1.29 is 12.6 Å². The first kappa shape index (κ1) is 20.8. The Morgan fingerprint density at radius 3 is 1.72 bits per heavy atom. The second-order valence-corrected chi connectivity index (χ2v) is 11.9. The van der Waals surface area contributed by atoms with Gasteiger partial charge in [-0.3, -0.25) is 0 Å². The summed E-state index contributed by atoms with van der Waals surface area (Å²) in [6.07, 6.45) is 0. The van der Waals surface area contributed by atoms with Gasteiger partial charge < -0.3 is 4.42 Å². The molecule has 47 heavy (non-hydrogen) atoms. The quantitative estimate of drug-likeness (QED) is 0.183. The van der Waals surface area contributed by atoms with E-state index in [1.54, 1.807) is 6.07 Å². The number of benzene rings is 9. The molecule has 0 saturated carbocycles. The summed E-state index contributed by atoms with van der Waals surface area (Å²) in [6, 6.07) is 44.4. The fourth-order valence-corrected chi connectivity index (χ4v) is 7.42. The average Bonchev–Trinajstić information content (AvgIpc) is 3.59. The van der Waals surface area contributed by atoms with Gasteiger partial charge in [-0.1, -0.05) is 158 Å². The summed E-state index contributed by atoms with van der Waals surface area (Å²) >= 11 is 0. The summed E-state index contributed by atoms with van der Waals surface area (Å²) in [7, 11) is 0. The second-order valence-electron chi connectivity index (χ2n) is 11.9. The van der Waals surface area contributed by atoms with Gasteiger partial charge in [-0.25, -0.2) is 0 Å². The number of fused-ring (bicyclic) bond motifs is 8. The molecule has 0 fully saturated rings. The van der Waals surface area contributed by atoms with Gasteiger partial charge >= 0.3 is 0 Å². The molecular formula is C46H28O. The van der Waals surface area contributed by atoms with Gasteiger partial charge in [-0.2, -0.15) is 0 Å². The minimum atomic E-state index is -0.427. The van der Waals surface area contributed by atoms with E-state index in [1.807, 2.05) is 12.1 Å². The smallest absolute Gasteiger partial charge is 0.136 e. The normalized spacial score (nSPS) is 13.6. The van der Waals surface area contributed by atoms with E-state index in [9.17, 15) is 0 Å². The monoisotopic (exact) mass is 602 g/mol. The van der Waals surface area contributed by atoms with Crippen LogP contribution in [-0.2, 0) is 0 Å². The first-order valence-corrected chi connectivity index (χ1v) is 15.7. The molecule has 1 heteroatoms. The molecule has 0 aliphatic carbocycles. The molecule has 10 aromatic rings. The Balaban J connectivity index is 1.22. The molecule has 0 unspecified atom stereocenters. The standard InChI is InChI=1S/C46H28O/c1-3-14-33-29(11-1)13-9-21-36(33)44-39-18-7-5-16-37(39)43(38-17-6-8-19-40(38)44)32-25-23-31(24-26-32)35-20-10-22-41-45(35)46-34-15-4-2-12-30(34)27-28-42(46)47-41/h1-28H/i2D,4D,12D,15D,27D,28D. The molecule has 0 spiro atoms. The van der Waals surface area contributed by atoms with E-state index < -0.39 is 6.04 Å². The van der Waals surface area contributed by atoms with Crippen LogP contribution in [-0.4, -0.2) is 0 Å². The number of hydrogen-bond donors (Lipinski definition) is 0. The highest BCUT2D eigenvalue weighted by Gasteiger charge is 2.19. The van der Waals surface area contributed by atoms with Crippen LogP contribution in [0.25, 0.3) is 98.4 Å². The molecule has 0 saturated heterocycles. The van der Waals surface area contributed by atoms with E-state index in [2.05, 4.69) is 115 Å². The maximum absolute atomic E-state index is 8.85. The molecule has 9 aromatic carbocycles. The van der Waals surface area contributed by atoms with Crippen molar-refractivity contribution in [3.05, 3.63) is 170 Å². The molecule has 0 amide bonds. The molecule has 0 bridgehead atoms.